The second-order valence-corrected chi connectivity index (χ2v) is 9.38. The number of aliphatic hydroxyl groups excluding tert-OH is 1. The fourth-order valence-corrected chi connectivity index (χ4v) is 4.22. The molecule has 0 fully saturated rings. The van der Waals surface area contributed by atoms with Gasteiger partial charge in [-0.1, -0.05) is 32.1 Å². The monoisotopic (exact) mass is 384 g/mol. The summed E-state index contributed by atoms with van der Waals surface area (Å²) in [6, 6.07) is 2.92. The number of aliphatic hydroxyl groups is 1. The summed E-state index contributed by atoms with van der Waals surface area (Å²) in [6.07, 6.45) is 8.88. The summed E-state index contributed by atoms with van der Waals surface area (Å²) < 4.78 is 6.43. The first kappa shape index (κ1) is 20.7. The summed E-state index contributed by atoms with van der Waals surface area (Å²) in [4.78, 5) is 12.2. The molecule has 0 bridgehead atoms. The molecule has 152 valence electrons. The smallest absolute Gasteiger partial charge is 0.223 e. The highest BCUT2D eigenvalue weighted by Crippen LogP contribution is 2.43. The number of fused-ring (bicyclic) bond motifs is 2. The van der Waals surface area contributed by atoms with E-state index in [1.165, 1.54) is 12.1 Å². The van der Waals surface area contributed by atoms with Crippen molar-refractivity contribution in [3.05, 3.63) is 57.3 Å². The van der Waals surface area contributed by atoms with Crippen LogP contribution in [0.1, 0.15) is 58.1 Å². The van der Waals surface area contributed by atoms with Gasteiger partial charge in [0.25, 0.3) is 0 Å². The number of rotatable bonds is 0. The van der Waals surface area contributed by atoms with Crippen molar-refractivity contribution in [2.45, 2.75) is 72.0 Å². The van der Waals surface area contributed by atoms with Crippen molar-refractivity contribution in [1.29, 1.82) is 0 Å². The summed E-state index contributed by atoms with van der Waals surface area (Å²) in [5.41, 5.74) is 1.80. The van der Waals surface area contributed by atoms with Crippen LogP contribution >= 0.6 is 0 Å². The van der Waals surface area contributed by atoms with Crippen LogP contribution in [-0.2, 0) is 6.42 Å². The van der Waals surface area contributed by atoms with Crippen molar-refractivity contribution in [3.63, 3.8) is 0 Å². The molecule has 1 aliphatic carbocycles. The zero-order valence-electron chi connectivity index (χ0n) is 17.6. The fourth-order valence-electron chi connectivity index (χ4n) is 4.22. The molecule has 3 atom stereocenters. The first-order valence-corrected chi connectivity index (χ1v) is 10.1. The number of hydrogen-bond acceptors (Lipinski definition) is 4. The third-order valence-corrected chi connectivity index (χ3v) is 6.37. The lowest BCUT2D eigenvalue weighted by Crippen LogP contribution is -2.46. The number of aryl methyl sites for hydroxylation is 1. The average Bonchev–Trinajstić information content (AvgIpc) is 2.70. The molecule has 2 aliphatic rings. The Kier molecular flexibility index (Phi) is 5.46. The molecule has 0 amide bonds. The largest absolute Gasteiger partial charge is 0.504 e. The summed E-state index contributed by atoms with van der Waals surface area (Å²) in [5, 5.41) is 20.8. The van der Waals surface area contributed by atoms with E-state index in [0.29, 0.717) is 25.0 Å². The van der Waals surface area contributed by atoms with Crippen molar-refractivity contribution in [3.8, 4) is 11.5 Å². The summed E-state index contributed by atoms with van der Waals surface area (Å²) in [6.45, 7) is 10.3. The molecule has 3 rings (SSSR count). The van der Waals surface area contributed by atoms with Crippen molar-refractivity contribution in [2.24, 2.45) is 11.3 Å². The zero-order chi connectivity index (χ0) is 20.7. The van der Waals surface area contributed by atoms with E-state index in [2.05, 4.69) is 39.0 Å². The SMILES string of the molecule is C/C1=C/CC(C)(C)/C=C\C[C@@]2(C)Oc3cc(=O)c(O)cc(C)c3C[C@@H]2C[C@H]1O. The molecule has 0 aromatic heterocycles. The van der Waals surface area contributed by atoms with Gasteiger partial charge in [-0.25, -0.2) is 0 Å². The van der Waals surface area contributed by atoms with E-state index >= 15 is 0 Å². The van der Waals surface area contributed by atoms with Crippen molar-refractivity contribution >= 4 is 0 Å². The van der Waals surface area contributed by atoms with Crippen LogP contribution in [-0.4, -0.2) is 21.9 Å². The second-order valence-electron chi connectivity index (χ2n) is 9.38. The lowest BCUT2D eigenvalue weighted by molar-refractivity contribution is -0.00739. The summed E-state index contributed by atoms with van der Waals surface area (Å²) in [7, 11) is 0. The lowest BCUT2D eigenvalue weighted by Gasteiger charge is -2.43. The van der Waals surface area contributed by atoms with Gasteiger partial charge in [-0.3, -0.25) is 4.79 Å². The van der Waals surface area contributed by atoms with Gasteiger partial charge in [0.15, 0.2) is 5.75 Å². The van der Waals surface area contributed by atoms with Crippen LogP contribution in [0.4, 0.5) is 0 Å². The standard InChI is InChI=1S/C24H32O4/c1-15-7-10-23(3,4)8-6-9-24(5)17(13-19(15)25)12-18-16(2)11-20(26)21(27)14-22(18)28-24/h6-8,11,14,17,19,25H,9-10,12-13H2,1-5H3,(H,26,27)/b8-6-,15-7-/t17-,19-,24-/m1/s1. The van der Waals surface area contributed by atoms with Gasteiger partial charge in [0, 0.05) is 18.4 Å². The minimum atomic E-state index is -0.534. The minimum Gasteiger partial charge on any atom is -0.504 e. The average molecular weight is 385 g/mol. The Morgan fingerprint density at radius 3 is 2.57 bits per heavy atom. The molecule has 4 heteroatoms. The minimum absolute atomic E-state index is 0.000751. The van der Waals surface area contributed by atoms with Crippen molar-refractivity contribution in [1.82, 2.24) is 0 Å². The van der Waals surface area contributed by atoms with Crippen LogP contribution < -0.4 is 10.2 Å². The molecule has 1 heterocycles. The van der Waals surface area contributed by atoms with Crippen LogP contribution in [0.15, 0.2) is 40.7 Å². The van der Waals surface area contributed by atoms with E-state index in [9.17, 15) is 15.0 Å². The molecule has 1 aliphatic heterocycles. The molecule has 0 unspecified atom stereocenters. The predicted octanol–water partition coefficient (Wildman–Crippen LogP) is 4.44. The molecule has 2 N–H and O–H groups in total. The second kappa shape index (κ2) is 7.40. The van der Waals surface area contributed by atoms with Gasteiger partial charge in [0.1, 0.15) is 11.4 Å². The summed E-state index contributed by atoms with van der Waals surface area (Å²) in [5.74, 6) is 0.372. The molecule has 1 aromatic rings. The lowest BCUT2D eigenvalue weighted by atomic mass is 9.75. The quantitative estimate of drug-likeness (QED) is 0.649. The molecule has 0 spiro atoms. The maximum absolute atomic E-state index is 12.2. The molecular formula is C24H32O4. The van der Waals surface area contributed by atoms with Gasteiger partial charge in [0.2, 0.25) is 5.43 Å². The number of hydrogen-bond donors (Lipinski definition) is 2. The maximum atomic E-state index is 12.2. The van der Waals surface area contributed by atoms with Crippen LogP contribution in [0.25, 0.3) is 0 Å². The van der Waals surface area contributed by atoms with Crippen LogP contribution in [0.2, 0.25) is 0 Å². The molecule has 28 heavy (non-hydrogen) atoms. The molecule has 0 saturated carbocycles. The highest BCUT2D eigenvalue weighted by atomic mass is 16.5. The Morgan fingerprint density at radius 1 is 1.14 bits per heavy atom. The van der Waals surface area contributed by atoms with Gasteiger partial charge in [-0.05, 0) is 68.2 Å². The van der Waals surface area contributed by atoms with Gasteiger partial charge >= 0.3 is 0 Å². The third kappa shape index (κ3) is 4.17. The zero-order valence-corrected chi connectivity index (χ0v) is 17.6. The maximum Gasteiger partial charge on any atom is 0.223 e. The highest BCUT2D eigenvalue weighted by Gasteiger charge is 2.42. The van der Waals surface area contributed by atoms with Crippen LogP contribution in [0, 0.1) is 18.3 Å². The third-order valence-electron chi connectivity index (χ3n) is 6.37. The van der Waals surface area contributed by atoms with E-state index in [0.717, 1.165) is 23.1 Å². The normalized spacial score (nSPS) is 32.6. The Morgan fingerprint density at radius 2 is 1.86 bits per heavy atom. The molecule has 0 radical (unpaired) electrons. The van der Waals surface area contributed by atoms with Crippen LogP contribution in [0.3, 0.4) is 0 Å². The van der Waals surface area contributed by atoms with Crippen LogP contribution in [0.5, 0.6) is 11.5 Å². The Hall–Kier alpha value is -2.07. The molecular weight excluding hydrogens is 352 g/mol. The van der Waals surface area contributed by atoms with Gasteiger partial charge in [0.05, 0.1) is 6.10 Å². The fraction of sp³-hybridized carbons (Fsp3) is 0.542. The Bertz CT molecular complexity index is 881. The van der Waals surface area contributed by atoms with Gasteiger partial charge < -0.3 is 14.9 Å². The van der Waals surface area contributed by atoms with E-state index in [-0.39, 0.29) is 17.1 Å². The van der Waals surface area contributed by atoms with Gasteiger partial charge in [-0.15, -0.1) is 0 Å². The summed E-state index contributed by atoms with van der Waals surface area (Å²) >= 11 is 0. The van der Waals surface area contributed by atoms with Crippen molar-refractivity contribution in [2.75, 3.05) is 0 Å². The Labute approximate surface area is 167 Å². The van der Waals surface area contributed by atoms with E-state index in [1.807, 2.05) is 13.8 Å². The predicted molar refractivity (Wildman–Crippen MR) is 112 cm³/mol. The van der Waals surface area contributed by atoms with Crippen molar-refractivity contribution < 1.29 is 14.9 Å². The Balaban J connectivity index is 2.09. The first-order valence-electron chi connectivity index (χ1n) is 10.1. The number of aromatic hydroxyl groups is 1. The molecule has 1 aromatic carbocycles. The van der Waals surface area contributed by atoms with E-state index in [1.54, 1.807) is 0 Å². The molecule has 4 nitrogen and oxygen atoms in total. The van der Waals surface area contributed by atoms with E-state index < -0.39 is 17.1 Å². The van der Waals surface area contributed by atoms with Gasteiger partial charge in [-0.2, -0.15) is 0 Å². The number of ether oxygens (including phenoxy) is 1. The van der Waals surface area contributed by atoms with E-state index in [4.69, 9.17) is 4.74 Å². The topological polar surface area (TPSA) is 66.8 Å². The molecule has 0 saturated heterocycles. The number of allylic oxidation sites excluding steroid dienone is 2. The first-order chi connectivity index (χ1) is 13.0. The highest BCUT2D eigenvalue weighted by molar-refractivity contribution is 5.44.